The molecule has 0 spiro atoms. The number of amides is 2. The lowest BCUT2D eigenvalue weighted by Crippen LogP contribution is -2.50. The fourth-order valence-electron chi connectivity index (χ4n) is 6.46. The Labute approximate surface area is 268 Å². The maximum atomic E-state index is 13.4. The van der Waals surface area contributed by atoms with Gasteiger partial charge < -0.3 is 10.5 Å². The number of rotatable bonds is 22. The third-order valence-electron chi connectivity index (χ3n) is 9.60. The molecule has 5 heteroatoms. The lowest BCUT2D eigenvalue weighted by Gasteiger charge is -2.26. The Morgan fingerprint density at radius 3 is 1.59 bits per heavy atom. The van der Waals surface area contributed by atoms with E-state index in [1.54, 1.807) is 0 Å². The van der Waals surface area contributed by atoms with Crippen molar-refractivity contribution in [2.75, 3.05) is 13.2 Å². The molecular weight excluding hydrogens is 544 g/mol. The summed E-state index contributed by atoms with van der Waals surface area (Å²) in [6.45, 7) is 6.82. The highest BCUT2D eigenvalue weighted by molar-refractivity contribution is 5.95. The van der Waals surface area contributed by atoms with Crippen LogP contribution >= 0.6 is 0 Å². The largest absolute Gasteiger partial charge is 0.448 e. The van der Waals surface area contributed by atoms with Gasteiger partial charge in [0.15, 0.2) is 0 Å². The predicted molar refractivity (Wildman–Crippen MR) is 184 cm³/mol. The molecule has 0 aromatic heterocycles. The Morgan fingerprint density at radius 1 is 0.705 bits per heavy atom. The van der Waals surface area contributed by atoms with Crippen LogP contribution in [0.25, 0.3) is 11.1 Å². The number of hydrogen-bond donors (Lipinski definition) is 1. The number of carbonyl (C=O) groups excluding carboxylic acids is 2. The Kier molecular flexibility index (Phi) is 16.6. The first-order chi connectivity index (χ1) is 21.5. The normalized spacial score (nSPS) is 13.7. The van der Waals surface area contributed by atoms with Gasteiger partial charge in [-0.05, 0) is 34.6 Å². The molecule has 1 aliphatic carbocycles. The molecule has 2 atom stereocenters. The van der Waals surface area contributed by atoms with Crippen LogP contribution in [0.5, 0.6) is 0 Å². The predicted octanol–water partition coefficient (Wildman–Crippen LogP) is 10.4. The highest BCUT2D eigenvalue weighted by atomic mass is 16.6. The van der Waals surface area contributed by atoms with Crippen molar-refractivity contribution in [3.05, 3.63) is 59.7 Å². The van der Waals surface area contributed by atoms with Crippen LogP contribution < -0.4 is 5.73 Å². The molecule has 0 fully saturated rings. The number of nitrogens with two attached hydrogens (primary N) is 1. The van der Waals surface area contributed by atoms with Gasteiger partial charge in [0, 0.05) is 12.5 Å². The molecule has 0 heterocycles. The van der Waals surface area contributed by atoms with Crippen LogP contribution in [0.3, 0.4) is 0 Å². The van der Waals surface area contributed by atoms with Crippen molar-refractivity contribution in [3.63, 3.8) is 0 Å². The number of unbranched alkanes of at least 4 members (excludes halogenated alkanes) is 15. The van der Waals surface area contributed by atoms with Crippen LogP contribution in [0, 0.1) is 5.92 Å². The van der Waals surface area contributed by atoms with Gasteiger partial charge in [0.05, 0.1) is 6.04 Å². The Bertz CT molecular complexity index is 1070. The number of carbonyl (C=O) groups is 2. The van der Waals surface area contributed by atoms with Gasteiger partial charge in [-0.25, -0.2) is 9.69 Å². The smallest absolute Gasteiger partial charge is 0.416 e. The number of imide groups is 1. The first kappa shape index (κ1) is 35.8. The number of benzene rings is 2. The van der Waals surface area contributed by atoms with E-state index in [2.05, 4.69) is 31.2 Å². The number of ether oxygens (including phenoxy) is 1. The van der Waals surface area contributed by atoms with Crippen molar-refractivity contribution < 1.29 is 14.3 Å². The second kappa shape index (κ2) is 20.4. The van der Waals surface area contributed by atoms with Gasteiger partial charge in [-0.1, -0.05) is 172 Å². The van der Waals surface area contributed by atoms with Gasteiger partial charge in [-0.3, -0.25) is 4.79 Å². The molecule has 0 aliphatic heterocycles. The minimum Gasteiger partial charge on any atom is -0.448 e. The lowest BCUT2D eigenvalue weighted by atomic mass is 9.98. The van der Waals surface area contributed by atoms with Gasteiger partial charge in [0.1, 0.15) is 6.61 Å². The van der Waals surface area contributed by atoms with Crippen molar-refractivity contribution in [2.45, 2.75) is 142 Å². The van der Waals surface area contributed by atoms with E-state index in [0.29, 0.717) is 6.54 Å². The monoisotopic (exact) mass is 604 g/mol. The summed E-state index contributed by atoms with van der Waals surface area (Å²) in [5.41, 5.74) is 11.0. The summed E-state index contributed by atoms with van der Waals surface area (Å²) in [6, 6.07) is 15.9. The summed E-state index contributed by atoms with van der Waals surface area (Å²) in [5, 5.41) is 0. The third-order valence-corrected chi connectivity index (χ3v) is 9.60. The average Bonchev–Trinajstić information content (AvgIpc) is 3.37. The minimum atomic E-state index is -0.707. The van der Waals surface area contributed by atoms with E-state index in [9.17, 15) is 9.59 Å². The third kappa shape index (κ3) is 11.1. The number of nitrogens with zero attached hydrogens (tertiary/aromatic N) is 1. The highest BCUT2D eigenvalue weighted by Gasteiger charge is 2.33. The lowest BCUT2D eigenvalue weighted by molar-refractivity contribution is -0.132. The van der Waals surface area contributed by atoms with E-state index in [1.807, 2.05) is 38.1 Å². The average molecular weight is 605 g/mol. The molecule has 0 bridgehead atoms. The van der Waals surface area contributed by atoms with Crippen LogP contribution in [0.15, 0.2) is 48.5 Å². The molecule has 1 aliphatic rings. The standard InChI is InChI=1S/C39H60N2O3/c1-4-6-7-8-9-10-11-12-13-14-15-16-17-18-19-24-29-41(38(42)37(40)31(3)5-2)39(43)44-30-36-34-27-22-20-25-32(34)33-26-21-23-28-35(33)36/h20-23,25-28,31,36-37H,4-19,24,29-30,40H2,1-3H3/t31-,37-/m0/s1. The number of hydrogen-bond acceptors (Lipinski definition) is 4. The van der Waals surface area contributed by atoms with Gasteiger partial charge in [-0.2, -0.15) is 0 Å². The summed E-state index contributed by atoms with van der Waals surface area (Å²) in [5.74, 6) is -0.364. The second-order valence-electron chi connectivity index (χ2n) is 13.0. The van der Waals surface area contributed by atoms with Gasteiger partial charge in [-0.15, -0.1) is 0 Å². The summed E-state index contributed by atoms with van der Waals surface area (Å²) >= 11 is 0. The van der Waals surface area contributed by atoms with E-state index >= 15 is 0 Å². The zero-order chi connectivity index (χ0) is 31.6. The topological polar surface area (TPSA) is 72.6 Å². The van der Waals surface area contributed by atoms with Gasteiger partial charge >= 0.3 is 6.09 Å². The summed E-state index contributed by atoms with van der Waals surface area (Å²) in [6.07, 6.45) is 20.7. The van der Waals surface area contributed by atoms with Crippen molar-refractivity contribution in [2.24, 2.45) is 11.7 Å². The zero-order valence-electron chi connectivity index (χ0n) is 28.0. The zero-order valence-corrected chi connectivity index (χ0v) is 28.0. The van der Waals surface area contributed by atoms with Crippen LogP contribution in [-0.2, 0) is 9.53 Å². The van der Waals surface area contributed by atoms with Crippen LogP contribution in [0.4, 0.5) is 4.79 Å². The Morgan fingerprint density at radius 2 is 1.14 bits per heavy atom. The minimum absolute atomic E-state index is 0.00261. The number of fused-ring (bicyclic) bond motifs is 3. The first-order valence-corrected chi connectivity index (χ1v) is 17.9. The fraction of sp³-hybridized carbons (Fsp3) is 0.641. The van der Waals surface area contributed by atoms with E-state index < -0.39 is 12.1 Å². The summed E-state index contributed by atoms with van der Waals surface area (Å²) < 4.78 is 5.88. The van der Waals surface area contributed by atoms with E-state index in [1.165, 1.54) is 99.5 Å². The van der Waals surface area contributed by atoms with Crippen molar-refractivity contribution in [1.29, 1.82) is 0 Å². The SMILES string of the molecule is CCCCCCCCCCCCCCCCCCN(C(=O)OCC1c2ccccc2-c2ccccc21)C(=O)[C@@H](N)[C@@H](C)CC. The molecule has 0 saturated carbocycles. The molecule has 2 aromatic carbocycles. The molecule has 0 unspecified atom stereocenters. The quantitative estimate of drug-likeness (QED) is 0.136. The summed E-state index contributed by atoms with van der Waals surface area (Å²) in [4.78, 5) is 28.1. The summed E-state index contributed by atoms with van der Waals surface area (Å²) in [7, 11) is 0. The van der Waals surface area contributed by atoms with E-state index in [-0.39, 0.29) is 24.3 Å². The van der Waals surface area contributed by atoms with Crippen molar-refractivity contribution >= 4 is 12.0 Å². The molecule has 5 nitrogen and oxygen atoms in total. The van der Waals surface area contributed by atoms with Crippen molar-refractivity contribution in [3.8, 4) is 11.1 Å². The van der Waals surface area contributed by atoms with Crippen LogP contribution in [-0.4, -0.2) is 36.1 Å². The second-order valence-corrected chi connectivity index (χ2v) is 13.0. The molecule has 0 radical (unpaired) electrons. The molecular formula is C39H60N2O3. The van der Waals surface area contributed by atoms with E-state index in [4.69, 9.17) is 10.5 Å². The Hall–Kier alpha value is -2.66. The molecule has 44 heavy (non-hydrogen) atoms. The highest BCUT2D eigenvalue weighted by Crippen LogP contribution is 2.44. The molecule has 2 N–H and O–H groups in total. The van der Waals surface area contributed by atoms with Gasteiger partial charge in [0.2, 0.25) is 5.91 Å². The molecule has 3 rings (SSSR count). The van der Waals surface area contributed by atoms with E-state index in [0.717, 1.165) is 36.8 Å². The molecule has 0 saturated heterocycles. The van der Waals surface area contributed by atoms with Crippen LogP contribution in [0.1, 0.15) is 147 Å². The fourth-order valence-corrected chi connectivity index (χ4v) is 6.46. The first-order valence-electron chi connectivity index (χ1n) is 17.9. The van der Waals surface area contributed by atoms with Crippen molar-refractivity contribution in [1.82, 2.24) is 4.90 Å². The van der Waals surface area contributed by atoms with Crippen LogP contribution in [0.2, 0.25) is 0 Å². The molecule has 2 aromatic rings. The maximum absolute atomic E-state index is 13.4. The van der Waals surface area contributed by atoms with Gasteiger partial charge in [0.25, 0.3) is 0 Å². The molecule has 244 valence electrons. The maximum Gasteiger partial charge on any atom is 0.416 e. The Balaban J connectivity index is 1.39. The molecule has 2 amide bonds.